The smallest absolute Gasteiger partial charge is 0.211 e. The lowest BCUT2D eigenvalue weighted by molar-refractivity contribution is 0.104. The van der Waals surface area contributed by atoms with Crippen LogP contribution in [0.25, 0.3) is 6.08 Å². The van der Waals surface area contributed by atoms with E-state index in [0.717, 1.165) is 17.1 Å². The van der Waals surface area contributed by atoms with E-state index in [4.69, 9.17) is 0 Å². The number of nitrogens with zero attached hydrogens (tertiary/aromatic N) is 1. The highest BCUT2D eigenvalue weighted by atomic mass is 32.2. The predicted molar refractivity (Wildman–Crippen MR) is 127 cm³/mol. The fraction of sp³-hybridized carbons (Fsp3) is 0. The number of para-hydroxylation sites is 2. The van der Waals surface area contributed by atoms with Crippen molar-refractivity contribution in [3.05, 3.63) is 125 Å². The third-order valence-electron chi connectivity index (χ3n) is 5.41. The molecule has 1 aliphatic heterocycles. The molecule has 0 amide bonds. The molecule has 0 N–H and O–H groups in total. The molecule has 156 valence electrons. The van der Waals surface area contributed by atoms with E-state index in [1.54, 1.807) is 18.2 Å². The van der Waals surface area contributed by atoms with E-state index in [1.165, 1.54) is 12.1 Å². The monoisotopic (exact) mass is 437 g/mol. The molecule has 1 heterocycles. The molecule has 0 atom stereocenters. The summed E-state index contributed by atoms with van der Waals surface area (Å²) >= 11 is 0. The van der Waals surface area contributed by atoms with Crippen molar-refractivity contribution < 1.29 is 13.2 Å². The van der Waals surface area contributed by atoms with Gasteiger partial charge in [-0.15, -0.1) is 0 Å². The van der Waals surface area contributed by atoms with Crippen molar-refractivity contribution in [1.82, 2.24) is 0 Å². The van der Waals surface area contributed by atoms with Gasteiger partial charge >= 0.3 is 0 Å². The molecule has 1 aliphatic rings. The first-order chi connectivity index (χ1) is 15.6. The molecule has 0 radical (unpaired) electrons. The van der Waals surface area contributed by atoms with Crippen LogP contribution in [0.5, 0.6) is 0 Å². The lowest BCUT2D eigenvalue weighted by atomic mass is 10.1. The summed E-state index contributed by atoms with van der Waals surface area (Å²) in [5.41, 5.74) is 3.82. The summed E-state index contributed by atoms with van der Waals surface area (Å²) in [6, 6.07) is 33.8. The van der Waals surface area contributed by atoms with Crippen molar-refractivity contribution in [3.63, 3.8) is 0 Å². The number of allylic oxidation sites excluding steroid dienone is 1. The van der Waals surface area contributed by atoms with Crippen LogP contribution >= 0.6 is 0 Å². The fourth-order valence-corrected chi connectivity index (χ4v) is 5.47. The molecular formula is C27H19NO3S. The van der Waals surface area contributed by atoms with Gasteiger partial charge in [-0.05, 0) is 60.2 Å². The van der Waals surface area contributed by atoms with Gasteiger partial charge in [-0.25, -0.2) is 8.42 Å². The molecular weight excluding hydrogens is 418 g/mol. The quantitative estimate of drug-likeness (QED) is 0.358. The Bertz CT molecular complexity index is 1390. The second-order valence-electron chi connectivity index (χ2n) is 7.44. The summed E-state index contributed by atoms with van der Waals surface area (Å²) in [6.07, 6.45) is 1.46. The van der Waals surface area contributed by atoms with Crippen LogP contribution in [0, 0.1) is 0 Å². The topological polar surface area (TPSA) is 54.5 Å². The molecule has 0 saturated heterocycles. The fourth-order valence-electron chi connectivity index (χ4n) is 3.88. The van der Waals surface area contributed by atoms with Crippen LogP contribution < -0.4 is 4.90 Å². The maximum Gasteiger partial charge on any atom is 0.211 e. The SMILES string of the molecule is O=C1C(=Cc2ccc(N(c3ccccc3)c3ccccc3)cc2)S(=O)(=O)c2ccccc21. The first-order valence-electron chi connectivity index (χ1n) is 10.2. The van der Waals surface area contributed by atoms with Gasteiger partial charge in [0.2, 0.25) is 15.6 Å². The summed E-state index contributed by atoms with van der Waals surface area (Å²) in [6.45, 7) is 0. The van der Waals surface area contributed by atoms with Gasteiger partial charge < -0.3 is 4.90 Å². The van der Waals surface area contributed by atoms with E-state index in [-0.39, 0.29) is 15.4 Å². The minimum absolute atomic E-state index is 0.0761. The summed E-state index contributed by atoms with van der Waals surface area (Å²) in [4.78, 5) is 14.7. The summed E-state index contributed by atoms with van der Waals surface area (Å²) in [5, 5.41) is 0. The number of rotatable bonds is 4. The lowest BCUT2D eigenvalue weighted by Crippen LogP contribution is -2.09. The lowest BCUT2D eigenvalue weighted by Gasteiger charge is -2.25. The molecule has 5 rings (SSSR count). The van der Waals surface area contributed by atoms with Crippen molar-refractivity contribution >= 4 is 38.8 Å². The second kappa shape index (κ2) is 7.94. The van der Waals surface area contributed by atoms with E-state index in [0.29, 0.717) is 5.56 Å². The van der Waals surface area contributed by atoms with E-state index in [2.05, 4.69) is 4.90 Å². The highest BCUT2D eigenvalue weighted by molar-refractivity contribution is 7.97. The van der Waals surface area contributed by atoms with Crippen LogP contribution in [0.4, 0.5) is 17.1 Å². The molecule has 0 unspecified atom stereocenters. The first kappa shape index (κ1) is 20.0. The van der Waals surface area contributed by atoms with Crippen molar-refractivity contribution in [2.24, 2.45) is 0 Å². The third-order valence-corrected chi connectivity index (χ3v) is 7.23. The Morgan fingerprint density at radius 1 is 0.594 bits per heavy atom. The molecule has 4 aromatic rings. The molecule has 32 heavy (non-hydrogen) atoms. The van der Waals surface area contributed by atoms with Gasteiger partial charge in [0.15, 0.2) is 0 Å². The van der Waals surface area contributed by atoms with Crippen LogP contribution in [-0.2, 0) is 9.84 Å². The van der Waals surface area contributed by atoms with Crippen LogP contribution in [0.1, 0.15) is 15.9 Å². The van der Waals surface area contributed by atoms with Crippen LogP contribution in [-0.4, -0.2) is 14.2 Å². The number of anilines is 3. The second-order valence-corrected chi connectivity index (χ2v) is 9.32. The Balaban J connectivity index is 1.54. The van der Waals surface area contributed by atoms with Crippen molar-refractivity contribution in [1.29, 1.82) is 0 Å². The molecule has 0 saturated carbocycles. The van der Waals surface area contributed by atoms with E-state index >= 15 is 0 Å². The Morgan fingerprint density at radius 3 is 1.66 bits per heavy atom. The molecule has 0 bridgehead atoms. The van der Waals surface area contributed by atoms with E-state index in [1.807, 2.05) is 84.9 Å². The first-order valence-corrected chi connectivity index (χ1v) is 11.6. The number of hydrogen-bond donors (Lipinski definition) is 0. The highest BCUT2D eigenvalue weighted by Gasteiger charge is 2.38. The zero-order valence-corrected chi connectivity index (χ0v) is 17.9. The number of carbonyl (C=O) groups excluding carboxylic acids is 1. The number of fused-ring (bicyclic) bond motifs is 1. The molecule has 0 fully saturated rings. The van der Waals surface area contributed by atoms with Crippen LogP contribution in [0.3, 0.4) is 0 Å². The largest absolute Gasteiger partial charge is 0.311 e. The number of hydrogen-bond acceptors (Lipinski definition) is 4. The summed E-state index contributed by atoms with van der Waals surface area (Å²) < 4.78 is 25.7. The highest BCUT2D eigenvalue weighted by Crippen LogP contribution is 2.36. The van der Waals surface area contributed by atoms with Crippen molar-refractivity contribution in [2.45, 2.75) is 4.90 Å². The number of Topliss-reactive ketones (excluding diaryl/α,β-unsaturated/α-hetero) is 1. The zero-order chi connectivity index (χ0) is 22.1. The van der Waals surface area contributed by atoms with Gasteiger partial charge in [-0.2, -0.15) is 0 Å². The normalized spacial score (nSPS) is 15.5. The Morgan fingerprint density at radius 2 is 1.09 bits per heavy atom. The number of benzene rings is 4. The third kappa shape index (κ3) is 3.43. The standard InChI is InChI=1S/C27H19NO3S/c29-27-24-13-7-8-14-25(24)32(30,31)26(27)19-20-15-17-23(18-16-20)28(21-9-3-1-4-10-21)22-11-5-2-6-12-22/h1-19H. The van der Waals surface area contributed by atoms with Gasteiger partial charge in [0.05, 0.1) is 4.90 Å². The predicted octanol–water partition coefficient (Wildman–Crippen LogP) is 6.17. The zero-order valence-electron chi connectivity index (χ0n) is 17.0. The molecule has 0 aliphatic carbocycles. The average molecular weight is 438 g/mol. The molecule has 4 nitrogen and oxygen atoms in total. The molecule has 0 aromatic heterocycles. The minimum Gasteiger partial charge on any atom is -0.311 e. The molecule has 4 aromatic carbocycles. The maximum absolute atomic E-state index is 12.8. The van der Waals surface area contributed by atoms with Gasteiger partial charge in [0.1, 0.15) is 4.91 Å². The average Bonchev–Trinajstić information content (AvgIpc) is 3.02. The minimum atomic E-state index is -3.81. The van der Waals surface area contributed by atoms with E-state index < -0.39 is 15.6 Å². The molecule has 0 spiro atoms. The Kier molecular flexibility index (Phi) is 4.96. The summed E-state index contributed by atoms with van der Waals surface area (Å²) in [7, 11) is -3.81. The summed E-state index contributed by atoms with van der Waals surface area (Å²) in [5.74, 6) is -0.458. The van der Waals surface area contributed by atoms with Gasteiger partial charge in [-0.1, -0.05) is 60.7 Å². The number of sulfone groups is 1. The van der Waals surface area contributed by atoms with Crippen molar-refractivity contribution in [3.8, 4) is 0 Å². The van der Waals surface area contributed by atoms with E-state index in [9.17, 15) is 13.2 Å². The van der Waals surface area contributed by atoms with Crippen LogP contribution in [0.15, 0.2) is 119 Å². The molecule has 5 heteroatoms. The van der Waals surface area contributed by atoms with Gasteiger partial charge in [-0.3, -0.25) is 4.79 Å². The van der Waals surface area contributed by atoms with Crippen LogP contribution in [0.2, 0.25) is 0 Å². The van der Waals surface area contributed by atoms with Gasteiger partial charge in [0.25, 0.3) is 0 Å². The maximum atomic E-state index is 12.8. The van der Waals surface area contributed by atoms with Gasteiger partial charge in [0, 0.05) is 22.6 Å². The number of carbonyl (C=O) groups is 1. The number of ketones is 1. The Hall–Kier alpha value is -3.96. The Labute approximate surface area is 187 Å². The van der Waals surface area contributed by atoms with Crippen molar-refractivity contribution in [2.75, 3.05) is 4.90 Å².